The van der Waals surface area contributed by atoms with E-state index in [-0.39, 0.29) is 5.69 Å². The van der Waals surface area contributed by atoms with Gasteiger partial charge in [0.25, 0.3) is 0 Å². The van der Waals surface area contributed by atoms with Crippen LogP contribution in [0, 0.1) is 13.8 Å². The molecule has 1 aliphatic rings. The molecule has 3 heterocycles. The second-order valence-corrected chi connectivity index (χ2v) is 9.52. The molecule has 0 bridgehead atoms. The first kappa shape index (κ1) is 19.9. The Labute approximate surface area is 170 Å². The summed E-state index contributed by atoms with van der Waals surface area (Å²) in [5.74, 6) is 0. The van der Waals surface area contributed by atoms with Gasteiger partial charge in [0.05, 0.1) is 22.4 Å². The molecule has 156 valence electrons. The van der Waals surface area contributed by atoms with Gasteiger partial charge in [0.2, 0.25) is 10.0 Å². The molecule has 0 amide bonds. The summed E-state index contributed by atoms with van der Waals surface area (Å²) in [5, 5.41) is 4.49. The first-order valence-electron chi connectivity index (χ1n) is 10.1. The molecule has 1 N–H and O–H groups in total. The van der Waals surface area contributed by atoms with Crippen LogP contribution in [0.2, 0.25) is 0 Å². The number of hydrogen-bond acceptors (Lipinski definition) is 4. The third-order valence-electron chi connectivity index (χ3n) is 5.66. The van der Waals surface area contributed by atoms with Crippen LogP contribution in [-0.2, 0) is 23.1 Å². The molecule has 4 rings (SSSR count). The first-order valence-corrected chi connectivity index (χ1v) is 11.6. The largest absolute Gasteiger partial charge is 0.326 e. The third-order valence-corrected chi connectivity index (χ3v) is 7.81. The number of nitrogens with zero attached hydrogens (tertiary/aromatic N) is 4. The first-order chi connectivity index (χ1) is 13.9. The lowest BCUT2D eigenvalue weighted by molar-refractivity contribution is 0.346. The number of sulfonamides is 1. The zero-order valence-electron chi connectivity index (χ0n) is 16.9. The Balaban J connectivity index is 1.52. The maximum atomic E-state index is 13.1. The molecule has 0 saturated carbocycles. The van der Waals surface area contributed by atoms with E-state index in [0.29, 0.717) is 48.9 Å². The Morgan fingerprint density at radius 2 is 1.79 bits per heavy atom. The predicted molar refractivity (Wildman–Crippen MR) is 111 cm³/mol. The molecule has 2 aromatic heterocycles. The van der Waals surface area contributed by atoms with E-state index in [9.17, 15) is 13.2 Å². The van der Waals surface area contributed by atoms with Crippen molar-refractivity contribution in [3.63, 3.8) is 0 Å². The molecule has 1 saturated heterocycles. The number of piperidine rings is 1. The highest BCUT2D eigenvalue weighted by Gasteiger charge is 2.31. The molecule has 1 fully saturated rings. The van der Waals surface area contributed by atoms with E-state index >= 15 is 0 Å². The molecule has 0 atom stereocenters. The number of H-pyrrole nitrogens is 1. The minimum atomic E-state index is -3.52. The molecular formula is C20H27N5O3S. The number of aryl methyl sites for hydroxylation is 3. The van der Waals surface area contributed by atoms with Crippen LogP contribution in [0.3, 0.4) is 0 Å². The van der Waals surface area contributed by atoms with Crippen molar-refractivity contribution in [3.8, 4) is 0 Å². The summed E-state index contributed by atoms with van der Waals surface area (Å²) in [6, 6.07) is 7.60. The summed E-state index contributed by atoms with van der Waals surface area (Å²) in [5.41, 5.74) is 2.77. The average Bonchev–Trinajstić information content (AvgIpc) is 3.18. The number of aromatic nitrogens is 4. The molecule has 0 aliphatic carbocycles. The average molecular weight is 418 g/mol. The van der Waals surface area contributed by atoms with Crippen LogP contribution in [-0.4, -0.2) is 45.1 Å². The van der Waals surface area contributed by atoms with Gasteiger partial charge < -0.3 is 4.98 Å². The van der Waals surface area contributed by atoms with Gasteiger partial charge in [0, 0.05) is 26.2 Å². The van der Waals surface area contributed by atoms with Crippen molar-refractivity contribution in [1.29, 1.82) is 0 Å². The lowest BCUT2D eigenvalue weighted by atomic mass is 10.2. The van der Waals surface area contributed by atoms with Gasteiger partial charge in [0.1, 0.15) is 4.90 Å². The Morgan fingerprint density at radius 1 is 1.07 bits per heavy atom. The second kappa shape index (κ2) is 7.79. The van der Waals surface area contributed by atoms with Crippen LogP contribution in [0.4, 0.5) is 0 Å². The van der Waals surface area contributed by atoms with Crippen LogP contribution < -0.4 is 5.69 Å². The van der Waals surface area contributed by atoms with Crippen LogP contribution in [0.15, 0.2) is 34.0 Å². The lowest BCUT2D eigenvalue weighted by Gasteiger charge is -2.26. The molecule has 9 heteroatoms. The quantitative estimate of drug-likeness (QED) is 0.667. The predicted octanol–water partition coefficient (Wildman–Crippen LogP) is 2.41. The van der Waals surface area contributed by atoms with Crippen molar-refractivity contribution in [2.24, 2.45) is 0 Å². The van der Waals surface area contributed by atoms with E-state index < -0.39 is 10.0 Å². The highest BCUT2D eigenvalue weighted by atomic mass is 32.2. The van der Waals surface area contributed by atoms with Crippen LogP contribution >= 0.6 is 0 Å². The molecule has 1 aromatic carbocycles. The molecule has 1 aliphatic heterocycles. The van der Waals surface area contributed by atoms with Gasteiger partial charge in [-0.05, 0) is 45.2 Å². The van der Waals surface area contributed by atoms with Crippen molar-refractivity contribution in [2.75, 3.05) is 13.1 Å². The van der Waals surface area contributed by atoms with E-state index in [2.05, 4.69) is 10.1 Å². The SMILES string of the molecule is Cc1nn(CCCn2c(=O)[nH]c3ccccc32)c(C)c1S(=O)(=O)N1CCCCC1. The zero-order valence-corrected chi connectivity index (χ0v) is 17.7. The van der Waals surface area contributed by atoms with E-state index in [1.165, 1.54) is 0 Å². The minimum absolute atomic E-state index is 0.132. The van der Waals surface area contributed by atoms with Gasteiger partial charge in [-0.15, -0.1) is 0 Å². The maximum absolute atomic E-state index is 13.1. The number of nitrogens with one attached hydrogen (secondary N) is 1. The van der Waals surface area contributed by atoms with Gasteiger partial charge >= 0.3 is 5.69 Å². The normalized spacial score (nSPS) is 15.9. The summed E-state index contributed by atoms with van der Waals surface area (Å²) < 4.78 is 31.3. The Bertz CT molecular complexity index is 1180. The number of imidazole rings is 1. The number of para-hydroxylation sites is 2. The number of aromatic amines is 1. The Morgan fingerprint density at radius 3 is 2.55 bits per heavy atom. The van der Waals surface area contributed by atoms with Gasteiger partial charge in [0.15, 0.2) is 0 Å². The molecule has 29 heavy (non-hydrogen) atoms. The number of rotatable bonds is 6. The molecule has 0 spiro atoms. The Hall–Kier alpha value is -2.39. The number of fused-ring (bicyclic) bond motifs is 1. The van der Waals surface area contributed by atoms with Crippen LogP contribution in [0.5, 0.6) is 0 Å². The van der Waals surface area contributed by atoms with E-state index in [1.54, 1.807) is 20.5 Å². The molecule has 8 nitrogen and oxygen atoms in total. The van der Waals surface area contributed by atoms with Gasteiger partial charge in [-0.1, -0.05) is 18.6 Å². The van der Waals surface area contributed by atoms with Crippen LogP contribution in [0.25, 0.3) is 11.0 Å². The zero-order chi connectivity index (χ0) is 20.6. The molecule has 3 aromatic rings. The highest BCUT2D eigenvalue weighted by Crippen LogP contribution is 2.26. The van der Waals surface area contributed by atoms with E-state index in [4.69, 9.17) is 0 Å². The fraction of sp³-hybridized carbons (Fsp3) is 0.500. The summed E-state index contributed by atoms with van der Waals surface area (Å²) in [6.07, 6.45) is 3.57. The van der Waals surface area contributed by atoms with Gasteiger partial charge in [-0.2, -0.15) is 9.40 Å². The van der Waals surface area contributed by atoms with Crippen molar-refractivity contribution in [1.82, 2.24) is 23.6 Å². The van der Waals surface area contributed by atoms with Gasteiger partial charge in [-0.25, -0.2) is 13.2 Å². The standard InChI is InChI=1S/C20H27N5O3S/c1-15-19(29(27,28)23-11-6-3-7-12-23)16(2)25(22-15)14-8-13-24-18-10-5-4-9-17(18)21-20(24)26/h4-5,9-10H,3,6-8,11-14H2,1-2H3,(H,21,26). The van der Waals surface area contributed by atoms with E-state index in [0.717, 1.165) is 30.3 Å². The molecular weight excluding hydrogens is 390 g/mol. The number of hydrogen-bond donors (Lipinski definition) is 1. The second-order valence-electron chi connectivity index (χ2n) is 7.64. The fourth-order valence-electron chi connectivity index (χ4n) is 4.21. The van der Waals surface area contributed by atoms with Crippen molar-refractivity contribution < 1.29 is 8.42 Å². The fourth-order valence-corrected chi connectivity index (χ4v) is 6.10. The summed E-state index contributed by atoms with van der Waals surface area (Å²) in [7, 11) is -3.52. The topological polar surface area (TPSA) is 93.0 Å². The lowest BCUT2D eigenvalue weighted by Crippen LogP contribution is -2.36. The monoisotopic (exact) mass is 417 g/mol. The summed E-state index contributed by atoms with van der Waals surface area (Å²) >= 11 is 0. The van der Waals surface area contributed by atoms with E-state index in [1.807, 2.05) is 31.2 Å². The van der Waals surface area contributed by atoms with Crippen molar-refractivity contribution in [2.45, 2.75) is 57.5 Å². The summed E-state index contributed by atoms with van der Waals surface area (Å²) in [4.78, 5) is 15.4. The minimum Gasteiger partial charge on any atom is -0.306 e. The van der Waals surface area contributed by atoms with Crippen molar-refractivity contribution in [3.05, 3.63) is 46.1 Å². The van der Waals surface area contributed by atoms with Crippen molar-refractivity contribution >= 4 is 21.1 Å². The molecule has 0 radical (unpaired) electrons. The van der Waals surface area contributed by atoms with Gasteiger partial charge in [-0.3, -0.25) is 9.25 Å². The number of benzene rings is 1. The highest BCUT2D eigenvalue weighted by molar-refractivity contribution is 7.89. The molecule has 0 unspecified atom stereocenters. The van der Waals surface area contributed by atoms with Crippen LogP contribution in [0.1, 0.15) is 37.1 Å². The maximum Gasteiger partial charge on any atom is 0.326 e. The third kappa shape index (κ3) is 3.64. The Kier molecular flexibility index (Phi) is 5.35. The summed E-state index contributed by atoms with van der Waals surface area (Å²) in [6.45, 7) is 5.81. The smallest absolute Gasteiger partial charge is 0.306 e.